The summed E-state index contributed by atoms with van der Waals surface area (Å²) in [5.41, 5.74) is 0.904. The number of anilines is 1. The Bertz CT molecular complexity index is 2310. The number of carbonyl (C=O) groups is 1. The standard InChI is InChI=1S/C29H18ClF3N8O3/c1-39-12-36-22(38-39)11-41-28(43)24-21(40(29(41)44)10-13-4-18(31)25(33)19(32)5-13)8-16(26-27(24)35-3-2-34-26)15-6-14-7-23(42)37-20(14)9-17(15)30/h2-6,8-9,12H,7,10-11H2,1H3,(H,37,42). The van der Waals surface area contributed by atoms with Gasteiger partial charge in [0.2, 0.25) is 5.91 Å². The monoisotopic (exact) mass is 618 g/mol. The molecule has 1 aliphatic heterocycles. The zero-order valence-corrected chi connectivity index (χ0v) is 23.4. The van der Waals surface area contributed by atoms with E-state index in [4.69, 9.17) is 11.6 Å². The molecule has 0 saturated carbocycles. The van der Waals surface area contributed by atoms with E-state index < -0.39 is 35.2 Å². The van der Waals surface area contributed by atoms with Gasteiger partial charge in [0.05, 0.1) is 41.0 Å². The summed E-state index contributed by atoms with van der Waals surface area (Å²) in [5.74, 6) is -4.56. The van der Waals surface area contributed by atoms with Gasteiger partial charge in [-0.05, 0) is 41.5 Å². The van der Waals surface area contributed by atoms with Crippen molar-refractivity contribution >= 4 is 45.1 Å². The van der Waals surface area contributed by atoms with Crippen molar-refractivity contribution in [1.82, 2.24) is 33.9 Å². The molecule has 15 heteroatoms. The van der Waals surface area contributed by atoms with Crippen molar-refractivity contribution in [3.63, 3.8) is 0 Å². The average molecular weight is 619 g/mol. The van der Waals surface area contributed by atoms with E-state index in [-0.39, 0.29) is 57.2 Å². The topological polar surface area (TPSA) is 130 Å². The maximum absolute atomic E-state index is 14.2. The van der Waals surface area contributed by atoms with Crippen LogP contribution in [0.1, 0.15) is 17.0 Å². The molecule has 6 aromatic rings. The lowest BCUT2D eigenvalue weighted by molar-refractivity contribution is -0.115. The Kier molecular flexibility index (Phi) is 6.32. The summed E-state index contributed by atoms with van der Waals surface area (Å²) in [6.07, 6.45) is 4.33. The van der Waals surface area contributed by atoms with E-state index >= 15 is 0 Å². The predicted molar refractivity (Wildman–Crippen MR) is 154 cm³/mol. The number of rotatable bonds is 5. The largest absolute Gasteiger partial charge is 0.332 e. The zero-order chi connectivity index (χ0) is 30.9. The molecular weight excluding hydrogens is 601 g/mol. The minimum Gasteiger partial charge on any atom is -0.325 e. The zero-order valence-electron chi connectivity index (χ0n) is 22.6. The van der Waals surface area contributed by atoms with Crippen molar-refractivity contribution in [3.8, 4) is 11.1 Å². The van der Waals surface area contributed by atoms with Gasteiger partial charge >= 0.3 is 5.69 Å². The average Bonchev–Trinajstić information content (AvgIpc) is 3.58. The number of hydrogen-bond acceptors (Lipinski definition) is 7. The van der Waals surface area contributed by atoms with Gasteiger partial charge in [0.15, 0.2) is 23.3 Å². The highest BCUT2D eigenvalue weighted by Gasteiger charge is 2.25. The summed E-state index contributed by atoms with van der Waals surface area (Å²) >= 11 is 6.67. The van der Waals surface area contributed by atoms with Crippen LogP contribution in [0.3, 0.4) is 0 Å². The Balaban J connectivity index is 1.56. The maximum Gasteiger partial charge on any atom is 0.332 e. The molecule has 44 heavy (non-hydrogen) atoms. The Morgan fingerprint density at radius 3 is 2.32 bits per heavy atom. The first-order valence-corrected chi connectivity index (χ1v) is 13.5. The van der Waals surface area contributed by atoms with Crippen LogP contribution >= 0.6 is 11.6 Å². The fourth-order valence-electron chi connectivity index (χ4n) is 5.44. The highest BCUT2D eigenvalue weighted by Crippen LogP contribution is 2.39. The van der Waals surface area contributed by atoms with E-state index in [1.165, 1.54) is 29.5 Å². The maximum atomic E-state index is 14.2. The third-order valence-electron chi connectivity index (χ3n) is 7.38. The molecule has 0 aliphatic carbocycles. The molecule has 7 rings (SSSR count). The van der Waals surface area contributed by atoms with E-state index in [0.717, 1.165) is 21.3 Å². The smallest absolute Gasteiger partial charge is 0.325 e. The summed E-state index contributed by atoms with van der Waals surface area (Å²) < 4.78 is 45.7. The first-order chi connectivity index (χ1) is 21.1. The number of aryl methyl sites for hydroxylation is 1. The highest BCUT2D eigenvalue weighted by molar-refractivity contribution is 6.34. The molecular formula is C29H18ClF3N8O3. The van der Waals surface area contributed by atoms with Crippen LogP contribution < -0.4 is 16.6 Å². The number of carbonyl (C=O) groups excluding carboxylic acids is 1. The molecule has 1 amide bonds. The molecule has 0 spiro atoms. The Hall–Kier alpha value is -5.37. The molecule has 4 heterocycles. The molecule has 3 aromatic heterocycles. The number of nitrogens with zero attached hydrogens (tertiary/aromatic N) is 7. The fraction of sp³-hybridized carbons (Fsp3) is 0.138. The van der Waals surface area contributed by atoms with Crippen LogP contribution in [0.5, 0.6) is 0 Å². The molecule has 3 aromatic carbocycles. The lowest BCUT2D eigenvalue weighted by Crippen LogP contribution is -2.41. The van der Waals surface area contributed by atoms with Crippen LogP contribution in [0.15, 0.2) is 58.6 Å². The first kappa shape index (κ1) is 27.5. The van der Waals surface area contributed by atoms with Gasteiger partial charge in [-0.25, -0.2) is 22.9 Å². The molecule has 1 aliphatic rings. The SMILES string of the molecule is Cn1cnc(Cn2c(=O)c3c4nccnc4c(-c4cc5c(cc4Cl)NC(=O)C5)cc3n(Cc3cc(F)c(F)c(F)c3)c2=O)n1. The van der Waals surface area contributed by atoms with Crippen LogP contribution in [0.4, 0.5) is 18.9 Å². The molecule has 220 valence electrons. The number of benzene rings is 3. The molecule has 0 atom stereocenters. The van der Waals surface area contributed by atoms with Crippen LogP contribution in [0, 0.1) is 17.5 Å². The van der Waals surface area contributed by atoms with Crippen molar-refractivity contribution in [1.29, 1.82) is 0 Å². The van der Waals surface area contributed by atoms with Gasteiger partial charge < -0.3 is 5.32 Å². The van der Waals surface area contributed by atoms with Gasteiger partial charge in [-0.1, -0.05) is 11.6 Å². The minimum absolute atomic E-state index is 0.00966. The van der Waals surface area contributed by atoms with Crippen LogP contribution in [0.2, 0.25) is 5.02 Å². The van der Waals surface area contributed by atoms with Gasteiger partial charge in [0, 0.05) is 36.3 Å². The number of hydrogen-bond donors (Lipinski definition) is 1. The fourth-order valence-corrected chi connectivity index (χ4v) is 5.71. The molecule has 1 N–H and O–H groups in total. The van der Waals surface area contributed by atoms with Gasteiger partial charge in [-0.3, -0.25) is 33.4 Å². The normalized spacial score (nSPS) is 12.7. The summed E-state index contributed by atoms with van der Waals surface area (Å²) in [5, 5.41) is 7.14. The van der Waals surface area contributed by atoms with E-state index in [1.54, 1.807) is 19.2 Å². The van der Waals surface area contributed by atoms with E-state index in [9.17, 15) is 27.6 Å². The van der Waals surface area contributed by atoms with Crippen molar-refractivity contribution in [2.45, 2.75) is 19.5 Å². The second-order valence-corrected chi connectivity index (χ2v) is 10.7. The third kappa shape index (κ3) is 4.41. The number of halogens is 4. The van der Waals surface area contributed by atoms with Gasteiger partial charge in [-0.2, -0.15) is 5.10 Å². The summed E-state index contributed by atoms with van der Waals surface area (Å²) in [4.78, 5) is 53.1. The predicted octanol–water partition coefficient (Wildman–Crippen LogP) is 3.56. The highest BCUT2D eigenvalue weighted by atomic mass is 35.5. The second kappa shape index (κ2) is 10.1. The Morgan fingerprint density at radius 1 is 0.886 bits per heavy atom. The minimum atomic E-state index is -1.65. The summed E-state index contributed by atoms with van der Waals surface area (Å²) in [7, 11) is 1.62. The van der Waals surface area contributed by atoms with E-state index in [1.807, 2.05) is 0 Å². The van der Waals surface area contributed by atoms with Crippen LogP contribution in [0.25, 0.3) is 33.1 Å². The molecule has 0 radical (unpaired) electrons. The van der Waals surface area contributed by atoms with Crippen LogP contribution in [-0.2, 0) is 31.4 Å². The van der Waals surface area contributed by atoms with Crippen LogP contribution in [-0.4, -0.2) is 39.8 Å². The molecule has 0 saturated heterocycles. The molecule has 11 nitrogen and oxygen atoms in total. The lowest BCUT2D eigenvalue weighted by atomic mass is 9.98. The lowest BCUT2D eigenvalue weighted by Gasteiger charge is -2.17. The number of fused-ring (bicyclic) bond motifs is 4. The number of aromatic nitrogens is 7. The molecule has 0 unspecified atom stereocenters. The summed E-state index contributed by atoms with van der Waals surface area (Å²) in [6.45, 7) is -0.761. The van der Waals surface area contributed by atoms with Crippen molar-refractivity contribution < 1.29 is 18.0 Å². The van der Waals surface area contributed by atoms with Gasteiger partial charge in [-0.15, -0.1) is 0 Å². The third-order valence-corrected chi connectivity index (χ3v) is 7.69. The van der Waals surface area contributed by atoms with E-state index in [0.29, 0.717) is 22.4 Å². The quantitative estimate of drug-likeness (QED) is 0.231. The van der Waals surface area contributed by atoms with Gasteiger partial charge in [0.1, 0.15) is 11.8 Å². The van der Waals surface area contributed by atoms with Gasteiger partial charge in [0.25, 0.3) is 5.56 Å². The number of nitrogens with one attached hydrogen (secondary N) is 1. The Labute approximate surface area is 249 Å². The van der Waals surface area contributed by atoms with Crippen molar-refractivity contribution in [2.24, 2.45) is 7.05 Å². The Morgan fingerprint density at radius 2 is 1.61 bits per heavy atom. The van der Waals surface area contributed by atoms with Crippen molar-refractivity contribution in [2.75, 3.05) is 5.32 Å². The molecule has 0 bridgehead atoms. The molecule has 0 fully saturated rings. The number of amides is 1. The van der Waals surface area contributed by atoms with E-state index in [2.05, 4.69) is 25.4 Å². The second-order valence-electron chi connectivity index (χ2n) is 10.3. The first-order valence-electron chi connectivity index (χ1n) is 13.1. The van der Waals surface area contributed by atoms with Crippen molar-refractivity contribution in [3.05, 3.63) is 109 Å². The summed E-state index contributed by atoms with van der Waals surface area (Å²) in [6, 6.07) is 6.38.